The minimum absolute atomic E-state index is 0.0466. The first kappa shape index (κ1) is 14.8. The number of aliphatic hydroxyl groups excluding tert-OH is 1. The molecule has 1 aromatic rings. The molecule has 2 amide bonds. The van der Waals surface area contributed by atoms with Gasteiger partial charge in [0.25, 0.3) is 0 Å². The van der Waals surface area contributed by atoms with Crippen LogP contribution in [0.2, 0.25) is 0 Å². The van der Waals surface area contributed by atoms with Crippen LogP contribution in [0.25, 0.3) is 0 Å². The van der Waals surface area contributed by atoms with Crippen LogP contribution in [0.4, 0.5) is 4.79 Å². The third kappa shape index (κ3) is 3.72. The van der Waals surface area contributed by atoms with Gasteiger partial charge in [0.2, 0.25) is 0 Å². The van der Waals surface area contributed by atoms with E-state index in [-0.39, 0.29) is 12.6 Å². The number of hydrogen-bond donors (Lipinski definition) is 3. The lowest BCUT2D eigenvalue weighted by atomic mass is 9.76. The molecule has 1 saturated carbocycles. The molecule has 20 heavy (non-hydrogen) atoms. The predicted molar refractivity (Wildman–Crippen MR) is 73.9 cm³/mol. The van der Waals surface area contributed by atoms with Crippen LogP contribution in [0.5, 0.6) is 0 Å². The molecule has 0 unspecified atom stereocenters. The lowest BCUT2D eigenvalue weighted by Gasteiger charge is -2.39. The first-order valence-corrected chi connectivity index (χ1v) is 7.20. The van der Waals surface area contributed by atoms with Crippen molar-refractivity contribution in [2.45, 2.75) is 51.1 Å². The molecule has 6 heteroatoms. The van der Waals surface area contributed by atoms with Gasteiger partial charge >= 0.3 is 6.03 Å². The molecule has 1 aliphatic carbocycles. The van der Waals surface area contributed by atoms with E-state index in [1.54, 1.807) is 6.07 Å². The van der Waals surface area contributed by atoms with Gasteiger partial charge in [0.15, 0.2) is 0 Å². The lowest BCUT2D eigenvalue weighted by molar-refractivity contribution is 0.101. The highest BCUT2D eigenvalue weighted by molar-refractivity contribution is 5.74. The summed E-state index contributed by atoms with van der Waals surface area (Å²) < 4.78 is 4.70. The largest absolute Gasteiger partial charge is 0.394 e. The minimum Gasteiger partial charge on any atom is -0.394 e. The Hall–Kier alpha value is -1.56. The van der Waals surface area contributed by atoms with Crippen LogP contribution >= 0.6 is 0 Å². The Bertz CT molecular complexity index is 415. The quantitative estimate of drug-likeness (QED) is 0.768. The minimum atomic E-state index is -0.561. The maximum atomic E-state index is 12.0. The summed E-state index contributed by atoms with van der Waals surface area (Å²) in [6.07, 6.45) is 7.16. The fraction of sp³-hybridized carbons (Fsp3) is 0.714. The van der Waals surface area contributed by atoms with Crippen molar-refractivity contribution in [2.24, 2.45) is 5.92 Å². The first-order valence-electron chi connectivity index (χ1n) is 7.20. The molecule has 0 aromatic carbocycles. The van der Waals surface area contributed by atoms with E-state index in [1.165, 1.54) is 25.5 Å². The number of carbonyl (C=O) groups excluding carboxylic acids is 1. The second-order valence-corrected chi connectivity index (χ2v) is 5.71. The van der Waals surface area contributed by atoms with Gasteiger partial charge < -0.3 is 20.3 Å². The van der Waals surface area contributed by atoms with Gasteiger partial charge in [-0.25, -0.2) is 4.79 Å². The number of nitrogens with one attached hydrogen (secondary N) is 2. The molecule has 2 rings (SSSR count). The number of rotatable bonds is 5. The molecule has 6 nitrogen and oxygen atoms in total. The van der Waals surface area contributed by atoms with E-state index in [0.717, 1.165) is 12.8 Å². The van der Waals surface area contributed by atoms with E-state index < -0.39 is 5.54 Å². The van der Waals surface area contributed by atoms with E-state index in [4.69, 9.17) is 4.52 Å². The van der Waals surface area contributed by atoms with Crippen molar-refractivity contribution in [1.82, 2.24) is 15.8 Å². The number of urea groups is 1. The van der Waals surface area contributed by atoms with Gasteiger partial charge in [0, 0.05) is 6.07 Å². The summed E-state index contributed by atoms with van der Waals surface area (Å²) >= 11 is 0. The monoisotopic (exact) mass is 281 g/mol. The molecule has 1 heterocycles. The van der Waals surface area contributed by atoms with E-state index in [1.807, 2.05) is 6.92 Å². The summed E-state index contributed by atoms with van der Waals surface area (Å²) in [5.74, 6) is 0.332. The van der Waals surface area contributed by atoms with Gasteiger partial charge in [-0.05, 0) is 25.7 Å². The van der Waals surface area contributed by atoms with Crippen LogP contribution in [-0.4, -0.2) is 28.4 Å². The number of amides is 2. The maximum Gasteiger partial charge on any atom is 0.315 e. The Morgan fingerprint density at radius 1 is 1.50 bits per heavy atom. The Balaban J connectivity index is 1.86. The zero-order valence-corrected chi connectivity index (χ0v) is 11.9. The smallest absolute Gasteiger partial charge is 0.315 e. The van der Waals surface area contributed by atoms with Gasteiger partial charge in [0.1, 0.15) is 12.0 Å². The van der Waals surface area contributed by atoms with Gasteiger partial charge in [-0.2, -0.15) is 0 Å². The summed E-state index contributed by atoms with van der Waals surface area (Å²) in [6.45, 7) is 2.18. The Kier molecular flexibility index (Phi) is 5.00. The molecule has 0 radical (unpaired) electrons. The number of hydrogen-bond acceptors (Lipinski definition) is 4. The molecule has 1 atom stereocenters. The Morgan fingerprint density at radius 3 is 2.85 bits per heavy atom. The SMILES string of the molecule is C[C@@](CO)(NC(=O)NCc1ccon1)C1CCCCC1. The Morgan fingerprint density at radius 2 is 2.25 bits per heavy atom. The molecular formula is C14H23N3O3. The van der Waals surface area contributed by atoms with E-state index in [9.17, 15) is 9.90 Å². The second kappa shape index (κ2) is 6.74. The summed E-state index contributed by atoms with van der Waals surface area (Å²) in [7, 11) is 0. The van der Waals surface area contributed by atoms with Crippen molar-refractivity contribution >= 4 is 6.03 Å². The highest BCUT2D eigenvalue weighted by Crippen LogP contribution is 2.32. The van der Waals surface area contributed by atoms with E-state index in [2.05, 4.69) is 15.8 Å². The van der Waals surface area contributed by atoms with Crippen molar-refractivity contribution in [1.29, 1.82) is 0 Å². The molecular weight excluding hydrogens is 258 g/mol. The molecule has 1 aliphatic rings. The van der Waals surface area contributed by atoms with Crippen LogP contribution in [-0.2, 0) is 6.54 Å². The molecule has 0 saturated heterocycles. The van der Waals surface area contributed by atoms with Crippen LogP contribution in [0.3, 0.4) is 0 Å². The third-order valence-electron chi connectivity index (χ3n) is 4.16. The van der Waals surface area contributed by atoms with Crippen molar-refractivity contribution in [2.75, 3.05) is 6.61 Å². The van der Waals surface area contributed by atoms with Crippen molar-refractivity contribution in [3.05, 3.63) is 18.0 Å². The van der Waals surface area contributed by atoms with Crippen molar-refractivity contribution in [3.8, 4) is 0 Å². The van der Waals surface area contributed by atoms with Gasteiger partial charge in [0.05, 0.1) is 18.7 Å². The number of nitrogens with zero attached hydrogens (tertiary/aromatic N) is 1. The van der Waals surface area contributed by atoms with Crippen LogP contribution in [0, 0.1) is 5.92 Å². The number of carbonyl (C=O) groups is 1. The van der Waals surface area contributed by atoms with Gasteiger partial charge in [-0.3, -0.25) is 0 Å². The molecule has 3 N–H and O–H groups in total. The highest BCUT2D eigenvalue weighted by atomic mass is 16.5. The summed E-state index contributed by atoms with van der Waals surface area (Å²) in [6, 6.07) is 1.42. The number of aromatic nitrogens is 1. The van der Waals surface area contributed by atoms with Crippen LogP contribution < -0.4 is 10.6 Å². The average molecular weight is 281 g/mol. The van der Waals surface area contributed by atoms with Gasteiger partial charge in [-0.15, -0.1) is 0 Å². The molecule has 1 fully saturated rings. The lowest BCUT2D eigenvalue weighted by Crippen LogP contribution is -2.57. The molecule has 0 spiro atoms. The maximum absolute atomic E-state index is 12.0. The standard InChI is InChI=1S/C14H23N3O3/c1-14(10-18,11-5-3-2-4-6-11)16-13(19)15-9-12-7-8-20-17-12/h7-8,11,18H,2-6,9-10H2,1H3,(H2,15,16,19)/t14-/m0/s1. The third-order valence-corrected chi connectivity index (χ3v) is 4.16. The molecule has 112 valence electrons. The van der Waals surface area contributed by atoms with E-state index >= 15 is 0 Å². The fourth-order valence-electron chi connectivity index (χ4n) is 2.81. The molecule has 0 aliphatic heterocycles. The normalized spacial score (nSPS) is 19.3. The summed E-state index contributed by atoms with van der Waals surface area (Å²) in [5.41, 5.74) is 0.109. The fourth-order valence-corrected chi connectivity index (χ4v) is 2.81. The van der Waals surface area contributed by atoms with Crippen molar-refractivity contribution in [3.63, 3.8) is 0 Å². The molecule has 0 bridgehead atoms. The Labute approximate surface area is 118 Å². The zero-order chi connectivity index (χ0) is 14.4. The predicted octanol–water partition coefficient (Wildman–Crippen LogP) is 1.81. The topological polar surface area (TPSA) is 87.4 Å². The van der Waals surface area contributed by atoms with E-state index in [0.29, 0.717) is 18.2 Å². The van der Waals surface area contributed by atoms with Crippen molar-refractivity contribution < 1.29 is 14.4 Å². The average Bonchev–Trinajstić information content (AvgIpc) is 2.99. The summed E-state index contributed by atoms with van der Waals surface area (Å²) in [4.78, 5) is 12.0. The molecule has 1 aromatic heterocycles. The first-order chi connectivity index (χ1) is 9.64. The summed E-state index contributed by atoms with van der Waals surface area (Å²) in [5, 5.41) is 19.0. The van der Waals surface area contributed by atoms with Crippen LogP contribution in [0.15, 0.2) is 16.9 Å². The van der Waals surface area contributed by atoms with Crippen LogP contribution in [0.1, 0.15) is 44.7 Å². The zero-order valence-electron chi connectivity index (χ0n) is 11.9. The van der Waals surface area contributed by atoms with Gasteiger partial charge in [-0.1, -0.05) is 24.4 Å². The highest BCUT2D eigenvalue weighted by Gasteiger charge is 2.35. The number of aliphatic hydroxyl groups is 1. The second-order valence-electron chi connectivity index (χ2n) is 5.71.